The maximum Gasteiger partial charge on any atom is 0.330 e. The Kier molecular flexibility index (Phi) is 6.75. The van der Waals surface area contributed by atoms with Gasteiger partial charge in [0.15, 0.2) is 5.54 Å². The van der Waals surface area contributed by atoms with E-state index in [2.05, 4.69) is 17.9 Å². The highest BCUT2D eigenvalue weighted by atomic mass is 32.1. The smallest absolute Gasteiger partial charge is 0.330 e. The van der Waals surface area contributed by atoms with Gasteiger partial charge in [0.05, 0.1) is 0 Å². The van der Waals surface area contributed by atoms with E-state index in [0.717, 1.165) is 12.0 Å². The van der Waals surface area contributed by atoms with Gasteiger partial charge in [-0.25, -0.2) is 4.79 Å². The molecule has 0 fully saturated rings. The lowest BCUT2D eigenvalue weighted by molar-refractivity contribution is -0.146. The van der Waals surface area contributed by atoms with E-state index in [1.54, 1.807) is 0 Å². The highest BCUT2D eigenvalue weighted by Crippen LogP contribution is 2.17. The Bertz CT molecular complexity index is 476. The van der Waals surface area contributed by atoms with Crippen molar-refractivity contribution < 1.29 is 14.7 Å². The van der Waals surface area contributed by atoms with Crippen molar-refractivity contribution in [1.29, 1.82) is 0 Å². The zero-order valence-corrected chi connectivity index (χ0v) is 13.4. The number of nitrogens with one attached hydrogen (secondary N) is 1. The minimum atomic E-state index is -1.36. The fourth-order valence-corrected chi connectivity index (χ4v) is 2.36. The van der Waals surface area contributed by atoms with Crippen LogP contribution in [0.1, 0.15) is 32.3 Å². The quantitative estimate of drug-likeness (QED) is 0.647. The monoisotopic (exact) mass is 309 g/mol. The molecule has 0 unspecified atom stereocenters. The zero-order chi connectivity index (χ0) is 15.9. The summed E-state index contributed by atoms with van der Waals surface area (Å²) in [6.07, 6.45) is 1.29. The second-order valence-electron chi connectivity index (χ2n) is 5.69. The predicted molar refractivity (Wildman–Crippen MR) is 86.6 cm³/mol. The van der Waals surface area contributed by atoms with Crippen LogP contribution < -0.4 is 5.32 Å². The Hall–Kier alpha value is -1.49. The molecule has 1 rings (SSSR count). The summed E-state index contributed by atoms with van der Waals surface area (Å²) >= 11 is 4.16. The van der Waals surface area contributed by atoms with E-state index in [1.165, 1.54) is 0 Å². The normalized spacial score (nSPS) is 13.7. The number of benzene rings is 1. The lowest BCUT2D eigenvalue weighted by atomic mass is 9.92. The molecule has 0 bridgehead atoms. The van der Waals surface area contributed by atoms with Crippen molar-refractivity contribution >= 4 is 24.5 Å². The van der Waals surface area contributed by atoms with Crippen LogP contribution in [0.2, 0.25) is 0 Å². The van der Waals surface area contributed by atoms with E-state index in [4.69, 9.17) is 0 Å². The summed E-state index contributed by atoms with van der Waals surface area (Å²) < 4.78 is 0. The summed E-state index contributed by atoms with van der Waals surface area (Å²) in [4.78, 5) is 23.7. The molecular weight excluding hydrogens is 286 g/mol. The Morgan fingerprint density at radius 2 is 1.90 bits per heavy atom. The molecule has 0 saturated carbocycles. The van der Waals surface area contributed by atoms with Gasteiger partial charge in [-0.1, -0.05) is 44.2 Å². The molecule has 0 aliphatic heterocycles. The van der Waals surface area contributed by atoms with Gasteiger partial charge in [0.25, 0.3) is 0 Å². The first kappa shape index (κ1) is 17.6. The van der Waals surface area contributed by atoms with E-state index in [1.807, 2.05) is 44.2 Å². The number of hydrogen-bond acceptors (Lipinski definition) is 3. The van der Waals surface area contributed by atoms with E-state index in [0.29, 0.717) is 12.3 Å². The van der Waals surface area contributed by atoms with Gasteiger partial charge in [-0.2, -0.15) is 12.6 Å². The average Bonchev–Trinajstić information content (AvgIpc) is 2.45. The van der Waals surface area contributed by atoms with Crippen molar-refractivity contribution in [3.63, 3.8) is 0 Å². The van der Waals surface area contributed by atoms with Crippen LogP contribution in [0.3, 0.4) is 0 Å². The van der Waals surface area contributed by atoms with Gasteiger partial charge in [0, 0.05) is 18.6 Å². The Morgan fingerprint density at radius 3 is 2.38 bits per heavy atom. The molecule has 0 radical (unpaired) electrons. The molecule has 1 atom stereocenters. The maximum absolute atomic E-state index is 12.0. The van der Waals surface area contributed by atoms with Gasteiger partial charge in [-0.15, -0.1) is 0 Å². The van der Waals surface area contributed by atoms with Crippen molar-refractivity contribution in [2.45, 2.75) is 38.6 Å². The van der Waals surface area contributed by atoms with Crippen LogP contribution in [0.4, 0.5) is 0 Å². The van der Waals surface area contributed by atoms with Crippen LogP contribution in [0.15, 0.2) is 30.3 Å². The fourth-order valence-electron chi connectivity index (χ4n) is 2.03. The highest BCUT2D eigenvalue weighted by molar-refractivity contribution is 7.80. The van der Waals surface area contributed by atoms with E-state index in [-0.39, 0.29) is 18.1 Å². The summed E-state index contributed by atoms with van der Waals surface area (Å²) in [6, 6.07) is 9.26. The van der Waals surface area contributed by atoms with Gasteiger partial charge < -0.3 is 10.4 Å². The van der Waals surface area contributed by atoms with E-state index < -0.39 is 11.5 Å². The Labute approximate surface area is 131 Å². The second-order valence-corrected chi connectivity index (χ2v) is 6.00. The standard InChI is InChI=1S/C16H23NO3S/c1-12(2)8-9-14(18)17-16(11-21,15(19)20)10-13-6-4-3-5-7-13/h3-7,12,21H,8-11H2,1-2H3,(H,17,18)(H,19,20)/t16-/m1/s1. The molecule has 1 aromatic rings. The molecule has 0 aliphatic carbocycles. The molecule has 0 aliphatic rings. The number of carbonyl (C=O) groups excluding carboxylic acids is 1. The van der Waals surface area contributed by atoms with E-state index in [9.17, 15) is 14.7 Å². The topological polar surface area (TPSA) is 66.4 Å². The molecule has 2 N–H and O–H groups in total. The predicted octanol–water partition coefficient (Wildman–Crippen LogP) is 2.53. The third-order valence-electron chi connectivity index (χ3n) is 3.36. The van der Waals surface area contributed by atoms with Crippen LogP contribution in [-0.4, -0.2) is 28.3 Å². The molecule has 0 saturated heterocycles. The molecule has 0 aromatic heterocycles. The van der Waals surface area contributed by atoms with Crippen molar-refractivity contribution in [2.75, 3.05) is 5.75 Å². The average molecular weight is 309 g/mol. The first-order valence-electron chi connectivity index (χ1n) is 7.09. The fraction of sp³-hybridized carbons (Fsp3) is 0.500. The molecule has 0 spiro atoms. The second kappa shape index (κ2) is 8.08. The minimum absolute atomic E-state index is 0.0463. The number of carboxylic acid groups (broad SMARTS) is 1. The molecule has 4 nitrogen and oxygen atoms in total. The van der Waals surface area contributed by atoms with Gasteiger partial charge in [-0.3, -0.25) is 4.79 Å². The Balaban J connectivity index is 2.83. The van der Waals surface area contributed by atoms with Crippen LogP contribution in [0, 0.1) is 5.92 Å². The van der Waals surface area contributed by atoms with Gasteiger partial charge >= 0.3 is 5.97 Å². The molecular formula is C16H23NO3S. The van der Waals surface area contributed by atoms with Gasteiger partial charge in [0.1, 0.15) is 0 Å². The lowest BCUT2D eigenvalue weighted by Crippen LogP contribution is -2.57. The third-order valence-corrected chi connectivity index (χ3v) is 3.90. The first-order valence-corrected chi connectivity index (χ1v) is 7.72. The maximum atomic E-state index is 12.0. The number of aliphatic carboxylic acids is 1. The number of carboxylic acids is 1. The molecule has 21 heavy (non-hydrogen) atoms. The summed E-state index contributed by atoms with van der Waals surface area (Å²) in [5, 5.41) is 12.2. The number of amides is 1. The van der Waals surface area contributed by atoms with Crippen molar-refractivity contribution in [1.82, 2.24) is 5.32 Å². The number of rotatable bonds is 8. The van der Waals surface area contributed by atoms with E-state index >= 15 is 0 Å². The summed E-state index contributed by atoms with van der Waals surface area (Å²) in [5.41, 5.74) is -0.503. The van der Waals surface area contributed by atoms with Crippen molar-refractivity contribution in [3.8, 4) is 0 Å². The van der Waals surface area contributed by atoms with Crippen molar-refractivity contribution in [3.05, 3.63) is 35.9 Å². The molecule has 5 heteroatoms. The zero-order valence-electron chi connectivity index (χ0n) is 12.5. The van der Waals surface area contributed by atoms with Crippen molar-refractivity contribution in [2.24, 2.45) is 5.92 Å². The number of carbonyl (C=O) groups is 2. The van der Waals surface area contributed by atoms with Crippen LogP contribution in [0.5, 0.6) is 0 Å². The SMILES string of the molecule is CC(C)CCC(=O)N[C@@](CS)(Cc1ccccc1)C(=O)O. The highest BCUT2D eigenvalue weighted by Gasteiger charge is 2.38. The lowest BCUT2D eigenvalue weighted by Gasteiger charge is -2.29. The molecule has 0 heterocycles. The van der Waals surface area contributed by atoms with Crippen LogP contribution >= 0.6 is 12.6 Å². The number of hydrogen-bond donors (Lipinski definition) is 3. The molecule has 1 amide bonds. The summed E-state index contributed by atoms with van der Waals surface area (Å²) in [7, 11) is 0. The van der Waals surface area contributed by atoms with Gasteiger partial charge in [-0.05, 0) is 17.9 Å². The van der Waals surface area contributed by atoms with Crippen LogP contribution in [0.25, 0.3) is 0 Å². The minimum Gasteiger partial charge on any atom is -0.479 e. The third kappa shape index (κ3) is 5.42. The Morgan fingerprint density at radius 1 is 1.29 bits per heavy atom. The first-order chi connectivity index (χ1) is 9.89. The largest absolute Gasteiger partial charge is 0.479 e. The molecule has 1 aromatic carbocycles. The number of thiol groups is 1. The summed E-state index contributed by atoms with van der Waals surface area (Å²) in [6.45, 7) is 4.06. The summed E-state index contributed by atoms with van der Waals surface area (Å²) in [5.74, 6) is -0.847. The van der Waals surface area contributed by atoms with Crippen LogP contribution in [-0.2, 0) is 16.0 Å². The molecule has 116 valence electrons. The van der Waals surface area contributed by atoms with Gasteiger partial charge in [0.2, 0.25) is 5.91 Å².